The van der Waals surface area contributed by atoms with E-state index in [2.05, 4.69) is 22.2 Å². The van der Waals surface area contributed by atoms with Crippen molar-refractivity contribution in [3.8, 4) is 0 Å². The maximum absolute atomic E-state index is 10.6. The van der Waals surface area contributed by atoms with Gasteiger partial charge in [-0.25, -0.2) is 4.98 Å². The van der Waals surface area contributed by atoms with Crippen LogP contribution in [0.15, 0.2) is 12.5 Å². The number of nitrogens with zero attached hydrogens (tertiary/aromatic N) is 1. The minimum Gasteiger partial charge on any atom is -0.481 e. The number of hydrogen-bond acceptors (Lipinski definition) is 3. The minimum atomic E-state index is -0.693. The van der Waals surface area contributed by atoms with Gasteiger partial charge in [0.1, 0.15) is 0 Å². The Kier molecular flexibility index (Phi) is 7.10. The van der Waals surface area contributed by atoms with E-state index in [9.17, 15) is 4.79 Å². The van der Waals surface area contributed by atoms with Crippen LogP contribution in [0.1, 0.15) is 44.7 Å². The van der Waals surface area contributed by atoms with Crippen LogP contribution in [0.25, 0.3) is 0 Å². The molecule has 1 atom stereocenters. The number of aliphatic carboxylic acids is 1. The number of carbonyl (C=O) groups is 1. The van der Waals surface area contributed by atoms with E-state index in [4.69, 9.17) is 5.11 Å². The van der Waals surface area contributed by atoms with Gasteiger partial charge in [-0.2, -0.15) is 0 Å². The van der Waals surface area contributed by atoms with Crippen LogP contribution in [0, 0.1) is 5.92 Å². The Bertz CT molecular complexity index is 325. The Hall–Kier alpha value is -1.36. The lowest BCUT2D eigenvalue weighted by Gasteiger charge is -2.15. The van der Waals surface area contributed by atoms with Crippen molar-refractivity contribution >= 4 is 5.97 Å². The molecule has 0 amide bonds. The van der Waals surface area contributed by atoms with Crippen LogP contribution in [-0.4, -0.2) is 27.6 Å². The number of carboxylic acids is 1. The Balaban J connectivity index is 2.14. The predicted octanol–water partition coefficient (Wildman–Crippen LogP) is 2.17. The molecule has 0 saturated heterocycles. The molecule has 1 heterocycles. The van der Waals surface area contributed by atoms with Crippen molar-refractivity contribution < 1.29 is 9.90 Å². The molecule has 0 radical (unpaired) electrons. The summed E-state index contributed by atoms with van der Waals surface area (Å²) in [6, 6.07) is 0. The summed E-state index contributed by atoms with van der Waals surface area (Å²) in [6.07, 6.45) is 7.81. The first kappa shape index (κ1) is 14.7. The minimum absolute atomic E-state index is 0.283. The molecule has 1 aromatic rings. The van der Waals surface area contributed by atoms with Gasteiger partial charge >= 0.3 is 5.97 Å². The maximum Gasteiger partial charge on any atom is 0.303 e. The van der Waals surface area contributed by atoms with Crippen LogP contribution in [-0.2, 0) is 11.3 Å². The van der Waals surface area contributed by atoms with Crippen LogP contribution >= 0.6 is 0 Å². The summed E-state index contributed by atoms with van der Waals surface area (Å²) in [5.41, 5.74) is 1.08. The monoisotopic (exact) mass is 253 g/mol. The Morgan fingerprint density at radius 2 is 2.33 bits per heavy atom. The van der Waals surface area contributed by atoms with Gasteiger partial charge in [-0.1, -0.05) is 19.8 Å². The molecule has 0 aliphatic carbocycles. The summed E-state index contributed by atoms with van der Waals surface area (Å²) in [5.74, 6) is -0.179. The molecule has 1 unspecified atom stereocenters. The largest absolute Gasteiger partial charge is 0.481 e. The molecule has 0 aliphatic heterocycles. The van der Waals surface area contributed by atoms with Crippen molar-refractivity contribution in [1.82, 2.24) is 15.3 Å². The van der Waals surface area contributed by atoms with Crippen LogP contribution < -0.4 is 5.32 Å². The second kappa shape index (κ2) is 8.69. The average Bonchev–Trinajstić information content (AvgIpc) is 2.84. The summed E-state index contributed by atoms with van der Waals surface area (Å²) in [4.78, 5) is 17.6. The first-order valence-electron chi connectivity index (χ1n) is 6.62. The van der Waals surface area contributed by atoms with E-state index in [-0.39, 0.29) is 6.42 Å². The lowest BCUT2D eigenvalue weighted by atomic mass is 9.94. The van der Waals surface area contributed by atoms with Gasteiger partial charge in [0.15, 0.2) is 0 Å². The summed E-state index contributed by atoms with van der Waals surface area (Å²) >= 11 is 0. The molecule has 0 saturated carbocycles. The molecule has 0 bridgehead atoms. The lowest BCUT2D eigenvalue weighted by molar-refractivity contribution is -0.137. The van der Waals surface area contributed by atoms with E-state index in [1.807, 2.05) is 0 Å². The topological polar surface area (TPSA) is 78.0 Å². The number of aromatic amines is 1. The van der Waals surface area contributed by atoms with Crippen molar-refractivity contribution in [2.75, 3.05) is 6.54 Å². The first-order valence-corrected chi connectivity index (χ1v) is 6.62. The van der Waals surface area contributed by atoms with Gasteiger partial charge in [0, 0.05) is 24.9 Å². The molecule has 5 heteroatoms. The highest BCUT2D eigenvalue weighted by Gasteiger charge is 2.09. The normalized spacial score (nSPS) is 12.5. The summed E-state index contributed by atoms with van der Waals surface area (Å²) in [6.45, 7) is 3.85. The van der Waals surface area contributed by atoms with Crippen molar-refractivity contribution in [3.05, 3.63) is 18.2 Å². The van der Waals surface area contributed by atoms with E-state index in [0.717, 1.165) is 44.5 Å². The highest BCUT2D eigenvalue weighted by Crippen LogP contribution is 2.17. The highest BCUT2D eigenvalue weighted by atomic mass is 16.4. The van der Waals surface area contributed by atoms with E-state index in [1.54, 1.807) is 12.5 Å². The van der Waals surface area contributed by atoms with Crippen LogP contribution in [0.2, 0.25) is 0 Å². The zero-order chi connectivity index (χ0) is 13.2. The van der Waals surface area contributed by atoms with Gasteiger partial charge in [-0.3, -0.25) is 4.79 Å². The predicted molar refractivity (Wildman–Crippen MR) is 70.2 cm³/mol. The van der Waals surface area contributed by atoms with E-state index in [1.165, 1.54) is 0 Å². The third kappa shape index (κ3) is 6.39. The summed E-state index contributed by atoms with van der Waals surface area (Å²) < 4.78 is 0. The van der Waals surface area contributed by atoms with Gasteiger partial charge in [-0.05, 0) is 25.3 Å². The van der Waals surface area contributed by atoms with E-state index in [0.29, 0.717) is 5.92 Å². The molecular formula is C13H23N3O2. The molecule has 1 rings (SSSR count). The van der Waals surface area contributed by atoms with Crippen LogP contribution in [0.5, 0.6) is 0 Å². The van der Waals surface area contributed by atoms with Crippen molar-refractivity contribution in [2.45, 2.75) is 45.6 Å². The second-order valence-electron chi connectivity index (χ2n) is 4.63. The number of aromatic nitrogens is 2. The van der Waals surface area contributed by atoms with Crippen molar-refractivity contribution in [2.24, 2.45) is 5.92 Å². The van der Waals surface area contributed by atoms with Crippen molar-refractivity contribution in [3.63, 3.8) is 0 Å². The molecule has 0 spiro atoms. The lowest BCUT2D eigenvalue weighted by Crippen LogP contribution is -2.18. The first-order chi connectivity index (χ1) is 8.72. The smallest absolute Gasteiger partial charge is 0.303 e. The van der Waals surface area contributed by atoms with Gasteiger partial charge in [-0.15, -0.1) is 0 Å². The molecule has 1 aromatic heterocycles. The number of H-pyrrole nitrogens is 1. The summed E-state index contributed by atoms with van der Waals surface area (Å²) in [7, 11) is 0. The molecule has 18 heavy (non-hydrogen) atoms. The van der Waals surface area contributed by atoms with E-state index >= 15 is 0 Å². The zero-order valence-electron chi connectivity index (χ0n) is 11.0. The van der Waals surface area contributed by atoms with Gasteiger partial charge in [0.05, 0.1) is 6.33 Å². The van der Waals surface area contributed by atoms with Crippen molar-refractivity contribution in [1.29, 1.82) is 0 Å². The van der Waals surface area contributed by atoms with Gasteiger partial charge in [0.25, 0.3) is 0 Å². The molecular weight excluding hydrogens is 230 g/mol. The van der Waals surface area contributed by atoms with Gasteiger partial charge < -0.3 is 15.4 Å². The van der Waals surface area contributed by atoms with Gasteiger partial charge in [0.2, 0.25) is 0 Å². The molecule has 102 valence electrons. The second-order valence-corrected chi connectivity index (χ2v) is 4.63. The number of carboxylic acid groups (broad SMARTS) is 1. The maximum atomic E-state index is 10.6. The average molecular weight is 253 g/mol. The Labute approximate surface area is 108 Å². The standard InChI is InChI=1S/C13H23N3O2/c1-2-3-11(4-5-13(17)18)6-7-14-8-12-9-15-10-16-12/h9-11,14H,2-8H2,1H3,(H,15,16)(H,17,18). The zero-order valence-corrected chi connectivity index (χ0v) is 11.0. The molecule has 3 N–H and O–H groups in total. The quantitative estimate of drug-likeness (QED) is 0.558. The fourth-order valence-electron chi connectivity index (χ4n) is 2.08. The number of hydrogen-bond donors (Lipinski definition) is 3. The number of imidazole rings is 1. The third-order valence-electron chi connectivity index (χ3n) is 3.06. The molecule has 5 nitrogen and oxygen atoms in total. The Morgan fingerprint density at radius 1 is 1.50 bits per heavy atom. The number of nitrogens with one attached hydrogen (secondary N) is 2. The fraction of sp³-hybridized carbons (Fsp3) is 0.692. The number of rotatable bonds is 10. The Morgan fingerprint density at radius 3 is 2.94 bits per heavy atom. The third-order valence-corrected chi connectivity index (χ3v) is 3.06. The highest BCUT2D eigenvalue weighted by molar-refractivity contribution is 5.66. The van der Waals surface area contributed by atoms with Crippen LogP contribution in [0.4, 0.5) is 0 Å². The SMILES string of the molecule is CCCC(CCNCc1cnc[nH]1)CCC(=O)O. The van der Waals surface area contributed by atoms with Crippen LogP contribution in [0.3, 0.4) is 0 Å². The summed E-state index contributed by atoms with van der Waals surface area (Å²) in [5, 5.41) is 12.0. The van der Waals surface area contributed by atoms with E-state index < -0.39 is 5.97 Å². The molecule has 0 fully saturated rings. The molecule has 0 aliphatic rings. The molecule has 0 aromatic carbocycles. The fourth-order valence-corrected chi connectivity index (χ4v) is 2.08.